The van der Waals surface area contributed by atoms with Crippen molar-refractivity contribution in [1.29, 1.82) is 0 Å². The van der Waals surface area contributed by atoms with E-state index in [0.717, 1.165) is 34.8 Å². The smallest absolute Gasteiger partial charge is 0.0514 e. The molecule has 2 aromatic carbocycles. The van der Waals surface area contributed by atoms with Gasteiger partial charge >= 0.3 is 0 Å². The van der Waals surface area contributed by atoms with E-state index >= 15 is 0 Å². The van der Waals surface area contributed by atoms with Crippen LogP contribution in [0.5, 0.6) is 0 Å². The zero-order chi connectivity index (χ0) is 15.7. The van der Waals surface area contributed by atoms with Gasteiger partial charge in [0.05, 0.1) is 10.7 Å². The van der Waals surface area contributed by atoms with Gasteiger partial charge in [0.15, 0.2) is 0 Å². The number of nitrogens with two attached hydrogens (primary N) is 1. The molecule has 0 bridgehead atoms. The Morgan fingerprint density at radius 1 is 1.18 bits per heavy atom. The molecule has 1 heterocycles. The molecule has 1 unspecified atom stereocenters. The molecule has 114 valence electrons. The van der Waals surface area contributed by atoms with Crippen molar-refractivity contribution in [3.63, 3.8) is 0 Å². The highest BCUT2D eigenvalue weighted by Gasteiger charge is 2.22. The predicted molar refractivity (Wildman–Crippen MR) is 96.2 cm³/mol. The second-order valence-corrected chi connectivity index (χ2v) is 6.24. The van der Waals surface area contributed by atoms with Crippen LogP contribution in [0.2, 0.25) is 5.02 Å². The molecule has 1 atom stereocenters. The molecule has 0 saturated heterocycles. The minimum Gasteiger partial charge on any atom is -0.384 e. The van der Waals surface area contributed by atoms with E-state index in [1.807, 2.05) is 19.1 Å². The maximum atomic E-state index is 6.58. The molecule has 0 radical (unpaired) electrons. The number of hydrogen-bond donors (Lipinski definition) is 2. The molecular formula is C19H21ClN2. The highest BCUT2D eigenvalue weighted by Crippen LogP contribution is 2.44. The zero-order valence-electron chi connectivity index (χ0n) is 13.0. The summed E-state index contributed by atoms with van der Waals surface area (Å²) in [7, 11) is 0. The van der Waals surface area contributed by atoms with Crippen LogP contribution in [0.4, 0.5) is 5.69 Å². The third-order valence-electron chi connectivity index (χ3n) is 4.15. The van der Waals surface area contributed by atoms with Crippen LogP contribution in [0.1, 0.15) is 37.4 Å². The lowest BCUT2D eigenvalue weighted by Gasteiger charge is -2.22. The summed E-state index contributed by atoms with van der Waals surface area (Å²) in [6.07, 6.45) is 3.24. The van der Waals surface area contributed by atoms with Crippen molar-refractivity contribution in [2.45, 2.75) is 26.3 Å². The molecule has 2 aromatic rings. The van der Waals surface area contributed by atoms with E-state index < -0.39 is 0 Å². The Labute approximate surface area is 137 Å². The number of anilines is 1. The number of halogens is 1. The normalized spacial score (nSPS) is 15.4. The van der Waals surface area contributed by atoms with Crippen LogP contribution < -0.4 is 11.1 Å². The molecule has 3 rings (SSSR count). The summed E-state index contributed by atoms with van der Waals surface area (Å²) < 4.78 is 0. The van der Waals surface area contributed by atoms with Crippen molar-refractivity contribution in [3.8, 4) is 11.1 Å². The molecule has 22 heavy (non-hydrogen) atoms. The van der Waals surface area contributed by atoms with Crippen LogP contribution in [0.3, 0.4) is 0 Å². The summed E-state index contributed by atoms with van der Waals surface area (Å²) in [5.41, 5.74) is 13.1. The van der Waals surface area contributed by atoms with E-state index in [-0.39, 0.29) is 6.04 Å². The standard InChI is InChI=1S/C19H21ClN2/c1-12-7-6-10-22-19-17(12)16(20)11-15(13(2)21)18(19)14-8-4-3-5-9-14/h3-5,7-9,11,13,22H,6,10,21H2,1-2H3. The zero-order valence-corrected chi connectivity index (χ0v) is 13.7. The first kappa shape index (κ1) is 15.1. The molecule has 0 aromatic heterocycles. The molecule has 1 aliphatic heterocycles. The molecule has 0 amide bonds. The summed E-state index contributed by atoms with van der Waals surface area (Å²) >= 11 is 6.58. The van der Waals surface area contributed by atoms with E-state index in [9.17, 15) is 0 Å². The SMILES string of the molecule is CC1=CCCNc2c1c(Cl)cc(C(C)N)c2-c1ccccc1. The van der Waals surface area contributed by atoms with Gasteiger partial charge in [-0.2, -0.15) is 0 Å². The van der Waals surface area contributed by atoms with Gasteiger partial charge in [0.25, 0.3) is 0 Å². The summed E-state index contributed by atoms with van der Waals surface area (Å²) in [4.78, 5) is 0. The lowest BCUT2D eigenvalue weighted by Crippen LogP contribution is -2.11. The summed E-state index contributed by atoms with van der Waals surface area (Å²) in [6.45, 7) is 5.03. The van der Waals surface area contributed by atoms with Crippen LogP contribution in [0.15, 0.2) is 42.5 Å². The third kappa shape index (κ3) is 2.65. The van der Waals surface area contributed by atoms with Gasteiger partial charge in [-0.05, 0) is 43.0 Å². The van der Waals surface area contributed by atoms with Crippen molar-refractivity contribution in [1.82, 2.24) is 0 Å². The number of benzene rings is 2. The quantitative estimate of drug-likeness (QED) is 0.795. The monoisotopic (exact) mass is 312 g/mol. The summed E-state index contributed by atoms with van der Waals surface area (Å²) in [5.74, 6) is 0. The van der Waals surface area contributed by atoms with Gasteiger partial charge in [-0.25, -0.2) is 0 Å². The van der Waals surface area contributed by atoms with Gasteiger partial charge < -0.3 is 11.1 Å². The maximum Gasteiger partial charge on any atom is 0.0514 e. The van der Waals surface area contributed by atoms with Crippen molar-refractivity contribution in [2.75, 3.05) is 11.9 Å². The molecule has 0 saturated carbocycles. The fourth-order valence-corrected chi connectivity index (χ4v) is 3.46. The Morgan fingerprint density at radius 2 is 1.91 bits per heavy atom. The second kappa shape index (κ2) is 6.15. The Morgan fingerprint density at radius 3 is 2.59 bits per heavy atom. The van der Waals surface area contributed by atoms with E-state index in [1.54, 1.807) is 0 Å². The van der Waals surface area contributed by atoms with Gasteiger partial charge in [-0.15, -0.1) is 0 Å². The van der Waals surface area contributed by atoms with Crippen LogP contribution >= 0.6 is 11.6 Å². The molecule has 3 heteroatoms. The summed E-state index contributed by atoms with van der Waals surface area (Å²) in [6, 6.07) is 12.3. The first-order chi connectivity index (χ1) is 10.6. The van der Waals surface area contributed by atoms with Gasteiger partial charge in [0.1, 0.15) is 0 Å². The van der Waals surface area contributed by atoms with Crippen LogP contribution in [-0.2, 0) is 0 Å². The fourth-order valence-electron chi connectivity index (χ4n) is 3.09. The molecular weight excluding hydrogens is 292 g/mol. The Kier molecular flexibility index (Phi) is 4.23. The van der Waals surface area contributed by atoms with Gasteiger partial charge in [0.2, 0.25) is 0 Å². The Balaban J connectivity index is 2.36. The van der Waals surface area contributed by atoms with E-state index in [1.165, 1.54) is 16.7 Å². The topological polar surface area (TPSA) is 38.0 Å². The molecule has 0 aliphatic carbocycles. The van der Waals surface area contributed by atoms with E-state index in [2.05, 4.69) is 42.6 Å². The predicted octanol–water partition coefficient (Wildman–Crippen LogP) is 5.25. The number of nitrogens with one attached hydrogen (secondary N) is 1. The highest BCUT2D eigenvalue weighted by molar-refractivity contribution is 6.33. The molecule has 0 spiro atoms. The first-order valence-electron chi connectivity index (χ1n) is 7.68. The fraction of sp³-hybridized carbons (Fsp3) is 0.263. The van der Waals surface area contributed by atoms with Gasteiger partial charge in [-0.1, -0.05) is 48.0 Å². The third-order valence-corrected chi connectivity index (χ3v) is 4.45. The number of allylic oxidation sites excluding steroid dienone is 1. The number of hydrogen-bond acceptors (Lipinski definition) is 2. The van der Waals surface area contributed by atoms with Crippen molar-refractivity contribution < 1.29 is 0 Å². The van der Waals surface area contributed by atoms with Gasteiger partial charge in [-0.3, -0.25) is 0 Å². The maximum absolute atomic E-state index is 6.58. The molecule has 0 fully saturated rings. The average Bonchev–Trinajstić information content (AvgIpc) is 2.70. The van der Waals surface area contributed by atoms with Gasteiger partial charge in [0, 0.05) is 23.7 Å². The summed E-state index contributed by atoms with van der Waals surface area (Å²) in [5, 5.41) is 4.34. The lowest BCUT2D eigenvalue weighted by atomic mass is 9.89. The molecule has 3 N–H and O–H groups in total. The van der Waals surface area contributed by atoms with Crippen LogP contribution in [0, 0.1) is 0 Å². The minimum atomic E-state index is -0.0765. The second-order valence-electron chi connectivity index (χ2n) is 5.83. The van der Waals surface area contributed by atoms with Crippen molar-refractivity contribution in [2.24, 2.45) is 5.73 Å². The van der Waals surface area contributed by atoms with Crippen LogP contribution in [-0.4, -0.2) is 6.54 Å². The first-order valence-corrected chi connectivity index (χ1v) is 8.05. The van der Waals surface area contributed by atoms with Crippen LogP contribution in [0.25, 0.3) is 16.7 Å². The molecule has 1 aliphatic rings. The number of rotatable bonds is 2. The minimum absolute atomic E-state index is 0.0765. The van der Waals surface area contributed by atoms with Crippen molar-refractivity contribution >= 4 is 22.9 Å². The molecule has 2 nitrogen and oxygen atoms in total. The Hall–Kier alpha value is -1.77. The van der Waals surface area contributed by atoms with E-state index in [4.69, 9.17) is 17.3 Å². The largest absolute Gasteiger partial charge is 0.384 e. The Bertz CT molecular complexity index is 718. The van der Waals surface area contributed by atoms with Crippen molar-refractivity contribution in [3.05, 3.63) is 58.6 Å². The van der Waals surface area contributed by atoms with E-state index in [0.29, 0.717) is 0 Å². The number of fused-ring (bicyclic) bond motifs is 1. The average molecular weight is 313 g/mol. The lowest BCUT2D eigenvalue weighted by molar-refractivity contribution is 0.820. The highest BCUT2D eigenvalue weighted by atomic mass is 35.5.